The maximum absolute atomic E-state index is 13.9. The third-order valence-electron chi connectivity index (χ3n) is 6.32. The van der Waals surface area contributed by atoms with E-state index in [-0.39, 0.29) is 37.1 Å². The van der Waals surface area contributed by atoms with Crippen LogP contribution in [0.4, 0.5) is 0 Å². The number of nitrogens with one attached hydrogen (secondary N) is 1. The van der Waals surface area contributed by atoms with E-state index < -0.39 is 23.8 Å². The topological polar surface area (TPSA) is 100 Å². The van der Waals surface area contributed by atoms with Crippen LogP contribution in [0.5, 0.6) is 5.75 Å². The molecular weight excluding hydrogens is 462 g/mol. The SMILES string of the molecule is COC(=O)[C@@H]1C(=O)C2=C(C[C@@H]1C)NC(C)=C(C(=O)OCCOC(C)C)[C@H]2c1ccccc1OC(C)C. The van der Waals surface area contributed by atoms with Crippen LogP contribution in [0.3, 0.4) is 0 Å². The van der Waals surface area contributed by atoms with Gasteiger partial charge in [-0.15, -0.1) is 0 Å². The van der Waals surface area contributed by atoms with Crippen molar-refractivity contribution in [1.29, 1.82) is 0 Å². The average Bonchev–Trinajstić information content (AvgIpc) is 2.80. The lowest BCUT2D eigenvalue weighted by Crippen LogP contribution is -2.43. The van der Waals surface area contributed by atoms with Gasteiger partial charge in [-0.3, -0.25) is 9.59 Å². The predicted octanol–water partition coefficient (Wildman–Crippen LogP) is 4.06. The van der Waals surface area contributed by atoms with E-state index in [2.05, 4.69) is 5.32 Å². The molecule has 1 aromatic carbocycles. The molecule has 0 amide bonds. The van der Waals surface area contributed by atoms with Crippen LogP contribution in [0.2, 0.25) is 0 Å². The molecule has 0 unspecified atom stereocenters. The fourth-order valence-corrected chi connectivity index (χ4v) is 4.84. The molecule has 36 heavy (non-hydrogen) atoms. The summed E-state index contributed by atoms with van der Waals surface area (Å²) in [7, 11) is 1.28. The van der Waals surface area contributed by atoms with E-state index in [1.807, 2.05) is 58.9 Å². The standard InChI is InChI=1S/C28H37NO7/c1-15(2)34-12-13-35-28(32)23-18(6)29-20-14-17(5)22(27(31)33-7)26(30)25(20)24(23)19-10-8-9-11-21(19)36-16(3)4/h8-11,15-17,22,24,29H,12-14H2,1-7H3/t17-,22-,24+/m0/s1. The van der Waals surface area contributed by atoms with Crippen LogP contribution in [-0.2, 0) is 28.6 Å². The second-order valence-electron chi connectivity index (χ2n) is 9.80. The Kier molecular flexibility index (Phi) is 8.95. The van der Waals surface area contributed by atoms with E-state index in [0.29, 0.717) is 40.3 Å². The summed E-state index contributed by atoms with van der Waals surface area (Å²) in [6.45, 7) is 11.6. The van der Waals surface area contributed by atoms with Gasteiger partial charge in [0.25, 0.3) is 0 Å². The number of allylic oxidation sites excluding steroid dienone is 3. The Morgan fingerprint density at radius 1 is 1.08 bits per heavy atom. The van der Waals surface area contributed by atoms with Crippen LogP contribution in [0.25, 0.3) is 0 Å². The molecule has 1 aromatic rings. The van der Waals surface area contributed by atoms with Gasteiger partial charge in [0.2, 0.25) is 0 Å². The van der Waals surface area contributed by atoms with Gasteiger partial charge < -0.3 is 24.3 Å². The summed E-state index contributed by atoms with van der Waals surface area (Å²) in [5, 5.41) is 3.27. The molecule has 0 aromatic heterocycles. The van der Waals surface area contributed by atoms with E-state index in [9.17, 15) is 14.4 Å². The highest BCUT2D eigenvalue weighted by molar-refractivity contribution is 6.12. The number of Topliss-reactive ketones (excluding diaryl/α,β-unsaturated/α-hetero) is 1. The van der Waals surface area contributed by atoms with Crippen molar-refractivity contribution in [3.8, 4) is 5.75 Å². The first-order valence-electron chi connectivity index (χ1n) is 12.4. The molecule has 0 saturated heterocycles. The number of carbonyl (C=O) groups is 3. The Hall–Kier alpha value is -3.13. The summed E-state index contributed by atoms with van der Waals surface area (Å²) in [4.78, 5) is 39.9. The zero-order chi connectivity index (χ0) is 26.6. The Balaban J connectivity index is 2.11. The highest BCUT2D eigenvalue weighted by Gasteiger charge is 2.47. The second-order valence-corrected chi connectivity index (χ2v) is 9.80. The lowest BCUT2D eigenvalue weighted by atomic mass is 9.69. The van der Waals surface area contributed by atoms with Gasteiger partial charge in [-0.25, -0.2) is 4.79 Å². The van der Waals surface area contributed by atoms with Crippen LogP contribution in [0.15, 0.2) is 46.8 Å². The fraction of sp³-hybridized carbons (Fsp3) is 0.536. The number of carbonyl (C=O) groups excluding carboxylic acids is 3. The number of methoxy groups -OCH3 is 1. The number of esters is 2. The van der Waals surface area contributed by atoms with Gasteiger partial charge in [0.05, 0.1) is 37.4 Å². The van der Waals surface area contributed by atoms with E-state index in [1.54, 1.807) is 6.92 Å². The van der Waals surface area contributed by atoms with Crippen LogP contribution in [0, 0.1) is 11.8 Å². The number of rotatable bonds is 9. The highest BCUT2D eigenvalue weighted by Crippen LogP contribution is 2.47. The molecule has 1 N–H and O–H groups in total. The van der Waals surface area contributed by atoms with Crippen molar-refractivity contribution < 1.29 is 33.3 Å². The number of hydrogen-bond acceptors (Lipinski definition) is 8. The van der Waals surface area contributed by atoms with Crippen molar-refractivity contribution >= 4 is 17.7 Å². The van der Waals surface area contributed by atoms with E-state index in [0.717, 1.165) is 0 Å². The van der Waals surface area contributed by atoms with Gasteiger partial charge in [0.15, 0.2) is 5.78 Å². The zero-order valence-electron chi connectivity index (χ0n) is 22.2. The quantitative estimate of drug-likeness (QED) is 0.309. The molecule has 0 saturated carbocycles. The van der Waals surface area contributed by atoms with Crippen LogP contribution in [-0.4, -0.2) is 50.3 Å². The minimum atomic E-state index is -0.952. The molecule has 1 aliphatic heterocycles. The molecule has 1 heterocycles. The number of para-hydroxylation sites is 1. The van der Waals surface area contributed by atoms with Crippen molar-refractivity contribution in [2.24, 2.45) is 11.8 Å². The summed E-state index contributed by atoms with van der Waals surface area (Å²) in [6, 6.07) is 7.35. The number of ether oxygens (including phenoxy) is 4. The van der Waals surface area contributed by atoms with Gasteiger partial charge in [-0.05, 0) is 53.0 Å². The third kappa shape index (κ3) is 5.81. The van der Waals surface area contributed by atoms with Crippen molar-refractivity contribution in [2.45, 2.75) is 66.1 Å². The third-order valence-corrected chi connectivity index (χ3v) is 6.32. The number of benzene rings is 1. The maximum atomic E-state index is 13.9. The summed E-state index contributed by atoms with van der Waals surface area (Å²) < 4.78 is 22.1. The van der Waals surface area contributed by atoms with Crippen LogP contribution < -0.4 is 10.1 Å². The summed E-state index contributed by atoms with van der Waals surface area (Å²) >= 11 is 0. The molecule has 8 heteroatoms. The Morgan fingerprint density at radius 3 is 2.42 bits per heavy atom. The first kappa shape index (κ1) is 27.5. The van der Waals surface area contributed by atoms with Gasteiger partial charge in [0, 0.05) is 22.5 Å². The number of hydrogen-bond donors (Lipinski definition) is 1. The molecule has 196 valence electrons. The highest BCUT2D eigenvalue weighted by atomic mass is 16.6. The first-order chi connectivity index (χ1) is 17.1. The van der Waals surface area contributed by atoms with Crippen molar-refractivity contribution in [2.75, 3.05) is 20.3 Å². The van der Waals surface area contributed by atoms with Gasteiger partial charge >= 0.3 is 11.9 Å². The van der Waals surface area contributed by atoms with E-state index in [4.69, 9.17) is 18.9 Å². The molecule has 3 atom stereocenters. The van der Waals surface area contributed by atoms with Gasteiger partial charge in [-0.1, -0.05) is 25.1 Å². The fourth-order valence-electron chi connectivity index (χ4n) is 4.84. The van der Waals surface area contributed by atoms with Crippen LogP contribution in [0.1, 0.15) is 59.4 Å². The van der Waals surface area contributed by atoms with Gasteiger partial charge in [0.1, 0.15) is 18.3 Å². The monoisotopic (exact) mass is 499 g/mol. The molecule has 3 rings (SSSR count). The lowest BCUT2D eigenvalue weighted by Gasteiger charge is -2.38. The summed E-state index contributed by atoms with van der Waals surface area (Å²) in [5.41, 5.74) is 2.65. The Labute approximate surface area is 213 Å². The Morgan fingerprint density at radius 2 is 1.78 bits per heavy atom. The number of ketones is 1. The van der Waals surface area contributed by atoms with E-state index in [1.165, 1.54) is 7.11 Å². The summed E-state index contributed by atoms with van der Waals surface area (Å²) in [6.07, 6.45) is 0.352. The molecule has 0 fully saturated rings. The molecule has 0 radical (unpaired) electrons. The van der Waals surface area contributed by atoms with E-state index >= 15 is 0 Å². The van der Waals surface area contributed by atoms with Gasteiger partial charge in [-0.2, -0.15) is 0 Å². The smallest absolute Gasteiger partial charge is 0.336 e. The minimum absolute atomic E-state index is 0.0126. The maximum Gasteiger partial charge on any atom is 0.336 e. The van der Waals surface area contributed by atoms with Crippen molar-refractivity contribution in [3.63, 3.8) is 0 Å². The average molecular weight is 500 g/mol. The largest absolute Gasteiger partial charge is 0.491 e. The Bertz CT molecular complexity index is 1070. The molecule has 2 aliphatic rings. The van der Waals surface area contributed by atoms with Crippen molar-refractivity contribution in [1.82, 2.24) is 5.32 Å². The second kappa shape index (κ2) is 11.7. The molecular formula is C28H37NO7. The molecule has 0 bridgehead atoms. The molecule has 0 spiro atoms. The summed E-state index contributed by atoms with van der Waals surface area (Å²) in [5.74, 6) is -2.89. The molecule has 1 aliphatic carbocycles. The predicted molar refractivity (Wildman–Crippen MR) is 134 cm³/mol. The number of dihydropyridines is 1. The first-order valence-corrected chi connectivity index (χ1v) is 12.4. The normalized spacial score (nSPS) is 21.9. The zero-order valence-corrected chi connectivity index (χ0v) is 22.2. The van der Waals surface area contributed by atoms with Crippen molar-refractivity contribution in [3.05, 3.63) is 52.4 Å². The lowest BCUT2D eigenvalue weighted by molar-refractivity contribution is -0.151. The molecule has 8 nitrogen and oxygen atoms in total. The van der Waals surface area contributed by atoms with Crippen LogP contribution >= 0.6 is 0 Å². The minimum Gasteiger partial charge on any atom is -0.491 e.